The minimum absolute atomic E-state index is 0.284. The second-order valence-corrected chi connectivity index (χ2v) is 6.25. The van der Waals surface area contributed by atoms with Gasteiger partial charge in [-0.1, -0.05) is 18.7 Å². The first-order valence-electron chi connectivity index (χ1n) is 8.21. The second kappa shape index (κ2) is 8.59. The van der Waals surface area contributed by atoms with E-state index in [9.17, 15) is 9.18 Å². The maximum absolute atomic E-state index is 12.9. The Hall–Kier alpha value is -3.00. The molecule has 0 saturated heterocycles. The van der Waals surface area contributed by atoms with Crippen LogP contribution in [0.3, 0.4) is 0 Å². The first kappa shape index (κ1) is 18.8. The van der Waals surface area contributed by atoms with Crippen molar-refractivity contribution in [3.05, 3.63) is 71.3 Å². The summed E-state index contributed by atoms with van der Waals surface area (Å²) < 4.78 is 19.9. The highest BCUT2D eigenvalue weighted by molar-refractivity contribution is 7.98. The van der Waals surface area contributed by atoms with Crippen molar-refractivity contribution in [2.24, 2.45) is 5.10 Å². The van der Waals surface area contributed by atoms with Gasteiger partial charge in [0.15, 0.2) is 5.82 Å². The summed E-state index contributed by atoms with van der Waals surface area (Å²) in [5, 5.41) is 13.3. The minimum Gasteiger partial charge on any atom is -0.423 e. The molecule has 0 amide bonds. The van der Waals surface area contributed by atoms with Crippen LogP contribution in [0.5, 0.6) is 5.75 Å². The average molecular weight is 384 g/mol. The number of esters is 1. The van der Waals surface area contributed by atoms with Crippen LogP contribution in [0, 0.1) is 5.82 Å². The van der Waals surface area contributed by atoms with Gasteiger partial charge < -0.3 is 4.74 Å². The van der Waals surface area contributed by atoms with E-state index in [1.807, 2.05) is 13.2 Å². The molecule has 1 aromatic heterocycles. The molecule has 0 N–H and O–H groups in total. The van der Waals surface area contributed by atoms with Crippen molar-refractivity contribution >= 4 is 23.9 Å². The largest absolute Gasteiger partial charge is 0.423 e. The normalized spacial score (nSPS) is 11.1. The number of aromatic nitrogens is 3. The van der Waals surface area contributed by atoms with Crippen LogP contribution < -0.4 is 4.74 Å². The number of ether oxygens (including phenoxy) is 1. The summed E-state index contributed by atoms with van der Waals surface area (Å²) in [5.74, 6) is 0.225. The number of aryl methyl sites for hydroxylation is 1. The lowest BCUT2D eigenvalue weighted by Gasteiger charge is -2.05. The second-order valence-electron chi connectivity index (χ2n) is 5.48. The fourth-order valence-corrected chi connectivity index (χ4v) is 2.71. The highest BCUT2D eigenvalue weighted by atomic mass is 32.2. The third-order valence-corrected chi connectivity index (χ3v) is 4.29. The van der Waals surface area contributed by atoms with Crippen LogP contribution in [0.25, 0.3) is 0 Å². The van der Waals surface area contributed by atoms with Gasteiger partial charge in [0.1, 0.15) is 11.6 Å². The molecule has 0 radical (unpaired) electrons. The van der Waals surface area contributed by atoms with Gasteiger partial charge in [0.05, 0.1) is 11.8 Å². The molecule has 0 aliphatic rings. The van der Waals surface area contributed by atoms with Crippen LogP contribution in [-0.2, 0) is 6.42 Å². The summed E-state index contributed by atoms with van der Waals surface area (Å²) in [6.45, 7) is 1.99. The summed E-state index contributed by atoms with van der Waals surface area (Å²) in [6, 6.07) is 12.1. The van der Waals surface area contributed by atoms with Crippen molar-refractivity contribution in [2.45, 2.75) is 18.5 Å². The van der Waals surface area contributed by atoms with Gasteiger partial charge in [-0.3, -0.25) is 0 Å². The first-order valence-corrected chi connectivity index (χ1v) is 9.43. The molecule has 0 aliphatic carbocycles. The third-order valence-electron chi connectivity index (χ3n) is 3.67. The summed E-state index contributed by atoms with van der Waals surface area (Å²) in [7, 11) is 0. The molecule has 0 spiro atoms. The molecule has 8 heteroatoms. The number of carbonyl (C=O) groups excluding carboxylic acids is 1. The monoisotopic (exact) mass is 384 g/mol. The van der Waals surface area contributed by atoms with Gasteiger partial charge in [-0.25, -0.2) is 9.18 Å². The lowest BCUT2D eigenvalue weighted by atomic mass is 10.2. The molecule has 138 valence electrons. The van der Waals surface area contributed by atoms with Crippen LogP contribution in [-0.4, -0.2) is 33.3 Å². The van der Waals surface area contributed by atoms with Gasteiger partial charge >= 0.3 is 5.97 Å². The third kappa shape index (κ3) is 4.59. The van der Waals surface area contributed by atoms with Gasteiger partial charge in [-0.2, -0.15) is 9.78 Å². The smallest absolute Gasteiger partial charge is 0.343 e. The Morgan fingerprint density at radius 2 is 1.89 bits per heavy atom. The number of benzene rings is 2. The molecule has 27 heavy (non-hydrogen) atoms. The molecular formula is C19H17FN4O2S. The zero-order valence-corrected chi connectivity index (χ0v) is 15.6. The van der Waals surface area contributed by atoms with Gasteiger partial charge in [0, 0.05) is 6.42 Å². The van der Waals surface area contributed by atoms with Crippen LogP contribution in [0.4, 0.5) is 4.39 Å². The predicted molar refractivity (Wildman–Crippen MR) is 102 cm³/mol. The maximum Gasteiger partial charge on any atom is 0.343 e. The molecule has 0 aliphatic heterocycles. The van der Waals surface area contributed by atoms with E-state index in [0.29, 0.717) is 10.9 Å². The number of rotatable bonds is 6. The van der Waals surface area contributed by atoms with Crippen molar-refractivity contribution in [1.82, 2.24) is 14.9 Å². The van der Waals surface area contributed by atoms with Crippen LogP contribution in [0.1, 0.15) is 28.7 Å². The summed E-state index contributed by atoms with van der Waals surface area (Å²) in [6.07, 6.45) is 4.33. The van der Waals surface area contributed by atoms with E-state index in [1.54, 1.807) is 35.2 Å². The van der Waals surface area contributed by atoms with E-state index in [4.69, 9.17) is 4.74 Å². The standard InChI is InChI=1S/C19H17FN4O2S/c1-3-17-22-23-19(27-2)24(17)21-12-13-4-10-16(11-5-13)26-18(25)14-6-8-15(20)9-7-14/h4-12H,3H2,1-2H3/b21-12-. The van der Waals surface area contributed by atoms with Crippen molar-refractivity contribution in [1.29, 1.82) is 0 Å². The van der Waals surface area contributed by atoms with E-state index >= 15 is 0 Å². The van der Waals surface area contributed by atoms with Crippen molar-refractivity contribution < 1.29 is 13.9 Å². The molecule has 1 heterocycles. The lowest BCUT2D eigenvalue weighted by Crippen LogP contribution is -2.08. The molecule has 0 atom stereocenters. The summed E-state index contributed by atoms with van der Waals surface area (Å²) in [5.41, 5.74) is 1.12. The molecule has 0 fully saturated rings. The highest BCUT2D eigenvalue weighted by Gasteiger charge is 2.09. The number of nitrogens with zero attached hydrogens (tertiary/aromatic N) is 4. The van der Waals surface area contributed by atoms with Gasteiger partial charge in [0.2, 0.25) is 5.16 Å². The Kier molecular flexibility index (Phi) is 5.97. The SMILES string of the molecule is CCc1nnc(SC)n1/N=C\c1ccc(OC(=O)c2ccc(F)cc2)cc1. The van der Waals surface area contributed by atoms with Crippen LogP contribution >= 0.6 is 11.8 Å². The van der Waals surface area contributed by atoms with Crippen LogP contribution in [0.15, 0.2) is 58.8 Å². The minimum atomic E-state index is -0.543. The predicted octanol–water partition coefficient (Wildman–Crippen LogP) is 3.80. The van der Waals surface area contributed by atoms with E-state index in [1.165, 1.54) is 36.0 Å². The summed E-state index contributed by atoms with van der Waals surface area (Å²) >= 11 is 1.47. The Bertz CT molecular complexity index is 931. The molecule has 3 aromatic rings. The van der Waals surface area contributed by atoms with Crippen molar-refractivity contribution in [3.8, 4) is 5.75 Å². The van der Waals surface area contributed by atoms with Crippen molar-refractivity contribution in [2.75, 3.05) is 6.26 Å². The number of halogens is 1. The zero-order chi connectivity index (χ0) is 19.2. The van der Waals surface area contributed by atoms with Crippen molar-refractivity contribution in [3.63, 3.8) is 0 Å². The van der Waals surface area contributed by atoms with Gasteiger partial charge in [-0.15, -0.1) is 10.2 Å². The number of carbonyl (C=O) groups is 1. The Morgan fingerprint density at radius 1 is 1.19 bits per heavy atom. The van der Waals surface area contributed by atoms with E-state index in [0.717, 1.165) is 17.8 Å². The van der Waals surface area contributed by atoms with E-state index < -0.39 is 11.8 Å². The first-order chi connectivity index (χ1) is 13.1. The number of hydrogen-bond acceptors (Lipinski definition) is 6. The fourth-order valence-electron chi connectivity index (χ4n) is 2.26. The molecule has 0 unspecified atom stereocenters. The Morgan fingerprint density at radius 3 is 2.52 bits per heavy atom. The van der Waals surface area contributed by atoms with Gasteiger partial charge in [-0.05, 0) is 60.4 Å². The van der Waals surface area contributed by atoms with E-state index in [-0.39, 0.29) is 5.56 Å². The van der Waals surface area contributed by atoms with Crippen LogP contribution in [0.2, 0.25) is 0 Å². The Labute approximate surface area is 160 Å². The molecule has 2 aromatic carbocycles. The Balaban J connectivity index is 1.69. The fraction of sp³-hybridized carbons (Fsp3) is 0.158. The molecule has 0 saturated carbocycles. The molecular weight excluding hydrogens is 367 g/mol. The maximum atomic E-state index is 12.9. The zero-order valence-electron chi connectivity index (χ0n) is 14.8. The lowest BCUT2D eigenvalue weighted by molar-refractivity contribution is 0.0734. The van der Waals surface area contributed by atoms with E-state index in [2.05, 4.69) is 15.3 Å². The quantitative estimate of drug-likeness (QED) is 0.280. The number of hydrogen-bond donors (Lipinski definition) is 0. The topological polar surface area (TPSA) is 69.4 Å². The molecule has 3 rings (SSSR count). The number of thioether (sulfide) groups is 1. The molecule has 6 nitrogen and oxygen atoms in total. The highest BCUT2D eigenvalue weighted by Crippen LogP contribution is 2.16. The van der Waals surface area contributed by atoms with Gasteiger partial charge in [0.25, 0.3) is 0 Å². The molecule has 0 bridgehead atoms. The summed E-state index contributed by atoms with van der Waals surface area (Å²) in [4.78, 5) is 12.0. The average Bonchev–Trinajstić information content (AvgIpc) is 3.10.